The van der Waals surface area contributed by atoms with E-state index < -0.39 is 0 Å². The molecule has 0 saturated heterocycles. The Hall–Kier alpha value is 2.80. The van der Waals surface area contributed by atoms with Crippen molar-refractivity contribution in [1.82, 2.24) is 0 Å². The van der Waals surface area contributed by atoms with Crippen LogP contribution < -0.4 is 0 Å². The Balaban J connectivity index is 4.28. The summed E-state index contributed by atoms with van der Waals surface area (Å²) in [7, 11) is 0. The maximum Gasteiger partial charge on any atom is 0.0621 e. The molecule has 0 aromatic carbocycles. The maximum atomic E-state index is 4.36. The van der Waals surface area contributed by atoms with Crippen molar-refractivity contribution < 1.29 is 0 Å². The summed E-state index contributed by atoms with van der Waals surface area (Å²) in [6.45, 7) is 0. The highest BCUT2D eigenvalue weighted by Gasteiger charge is 2.22. The number of hydrogen-bond acceptors (Lipinski definition) is 8. The smallest absolute Gasteiger partial charge is 0.0621 e. The molecule has 0 nitrogen and oxygen atoms in total. The van der Waals surface area contributed by atoms with Gasteiger partial charge in [0.25, 0.3) is 0 Å². The van der Waals surface area contributed by atoms with Gasteiger partial charge in [-0.1, -0.05) is 0 Å². The van der Waals surface area contributed by atoms with Crippen molar-refractivity contribution in [3.63, 3.8) is 0 Å². The molecule has 0 bridgehead atoms. The molecular weight excluding hydrogens is 401 g/mol. The van der Waals surface area contributed by atoms with Crippen LogP contribution in [0.4, 0.5) is 0 Å². The fourth-order valence-electron chi connectivity index (χ4n) is 1.47. The molecular formula is C12H26S8. The molecule has 122 valence electrons. The summed E-state index contributed by atoms with van der Waals surface area (Å²) in [5.74, 6) is 9.67. The van der Waals surface area contributed by atoms with Crippen molar-refractivity contribution in [2.75, 3.05) is 51.8 Å². The number of rotatable bonds is 15. The summed E-state index contributed by atoms with van der Waals surface area (Å²) >= 11 is 25.6. The average molecular weight is 427 g/mol. The highest BCUT2D eigenvalue weighted by atomic mass is 32.2. The molecule has 1 atom stereocenters. The van der Waals surface area contributed by atoms with E-state index in [-0.39, 0.29) is 0 Å². The van der Waals surface area contributed by atoms with Crippen molar-refractivity contribution >= 4 is 97.6 Å². The van der Waals surface area contributed by atoms with Crippen LogP contribution >= 0.6 is 97.6 Å². The highest BCUT2D eigenvalue weighted by molar-refractivity contribution is 8.18. The van der Waals surface area contributed by atoms with E-state index in [0.717, 1.165) is 46.0 Å². The first-order valence-electron chi connectivity index (χ1n) is 6.66. The van der Waals surface area contributed by atoms with E-state index in [9.17, 15) is 0 Å². The van der Waals surface area contributed by atoms with Gasteiger partial charge in [-0.3, -0.25) is 0 Å². The summed E-state index contributed by atoms with van der Waals surface area (Å²) in [6, 6.07) is 0. The van der Waals surface area contributed by atoms with Gasteiger partial charge in [-0.25, -0.2) is 0 Å². The number of thioether (sulfide) groups is 4. The molecule has 0 rings (SSSR count). The van der Waals surface area contributed by atoms with E-state index in [2.05, 4.69) is 85.8 Å². The van der Waals surface area contributed by atoms with Crippen molar-refractivity contribution in [3.8, 4) is 0 Å². The third-order valence-corrected chi connectivity index (χ3v) is 10.1. The second-order valence-corrected chi connectivity index (χ2v) is 11.0. The van der Waals surface area contributed by atoms with Crippen LogP contribution in [0.5, 0.6) is 0 Å². The molecule has 0 heterocycles. The third kappa shape index (κ3) is 13.3. The third-order valence-electron chi connectivity index (χ3n) is 2.26. The largest absolute Gasteiger partial charge is 0.179 e. The Morgan fingerprint density at radius 1 is 0.600 bits per heavy atom. The van der Waals surface area contributed by atoms with Gasteiger partial charge in [-0.05, 0) is 35.2 Å². The summed E-state index contributed by atoms with van der Waals surface area (Å²) in [6.07, 6.45) is 1.28. The summed E-state index contributed by atoms with van der Waals surface area (Å²) in [5, 5.41) is 0.712. The van der Waals surface area contributed by atoms with Gasteiger partial charge >= 0.3 is 0 Å². The molecule has 0 N–H and O–H groups in total. The van der Waals surface area contributed by atoms with Gasteiger partial charge in [-0.2, -0.15) is 74.0 Å². The van der Waals surface area contributed by atoms with Gasteiger partial charge in [0, 0.05) is 28.3 Å². The normalized spacial score (nSPS) is 13.1. The standard InChI is InChI=1S/C12H26S8/c13-2-7-17-6-1-11(18-8-3-14)12(19-9-4-15)20-10-5-16/h11-16H,1-10H2. The molecule has 1 unspecified atom stereocenters. The second-order valence-electron chi connectivity index (χ2n) is 3.81. The first-order chi connectivity index (χ1) is 9.79. The van der Waals surface area contributed by atoms with Crippen LogP contribution in [-0.2, 0) is 0 Å². The zero-order valence-corrected chi connectivity index (χ0v) is 18.5. The fraction of sp³-hybridized carbons (Fsp3) is 1.00. The van der Waals surface area contributed by atoms with Gasteiger partial charge in [-0.15, -0.1) is 23.5 Å². The predicted molar refractivity (Wildman–Crippen MR) is 122 cm³/mol. The topological polar surface area (TPSA) is 0 Å². The summed E-state index contributed by atoms with van der Waals surface area (Å²) in [5.41, 5.74) is 0. The first-order valence-corrected chi connectivity index (χ1v) is 13.5. The van der Waals surface area contributed by atoms with E-state index in [0.29, 0.717) is 9.83 Å². The SMILES string of the molecule is SCCSCCC(SCCS)C(SCCS)SCCS. The molecule has 20 heavy (non-hydrogen) atoms. The summed E-state index contributed by atoms with van der Waals surface area (Å²) < 4.78 is 0.663. The number of thiol groups is 4. The van der Waals surface area contributed by atoms with Crippen LogP contribution in [0.15, 0.2) is 0 Å². The first kappa shape index (κ1) is 22.8. The predicted octanol–water partition coefficient (Wildman–Crippen LogP) is 4.72. The van der Waals surface area contributed by atoms with Gasteiger partial charge < -0.3 is 0 Å². The van der Waals surface area contributed by atoms with Crippen LogP contribution in [0.2, 0.25) is 0 Å². The molecule has 0 spiro atoms. The molecule has 0 aromatic rings. The minimum Gasteiger partial charge on any atom is -0.179 e. The molecule has 0 amide bonds. The van der Waals surface area contributed by atoms with Crippen LogP contribution in [0, 0.1) is 0 Å². The van der Waals surface area contributed by atoms with Gasteiger partial charge in [0.05, 0.1) is 4.58 Å². The Morgan fingerprint density at radius 2 is 1.10 bits per heavy atom. The molecule has 0 aliphatic rings. The molecule has 0 aliphatic carbocycles. The second kappa shape index (κ2) is 18.1. The molecule has 0 fully saturated rings. The Kier molecular flexibility index (Phi) is 20.7. The van der Waals surface area contributed by atoms with Gasteiger partial charge in [0.1, 0.15) is 0 Å². The molecule has 8 heteroatoms. The van der Waals surface area contributed by atoms with Gasteiger partial charge in [0.2, 0.25) is 0 Å². The van der Waals surface area contributed by atoms with Crippen molar-refractivity contribution in [2.45, 2.75) is 16.3 Å². The van der Waals surface area contributed by atoms with Crippen molar-refractivity contribution in [3.05, 3.63) is 0 Å². The average Bonchev–Trinajstić information content (AvgIpc) is 2.47. The Bertz CT molecular complexity index is 184. The van der Waals surface area contributed by atoms with Crippen molar-refractivity contribution in [2.24, 2.45) is 0 Å². The monoisotopic (exact) mass is 426 g/mol. The minimum atomic E-state index is 0.663. The lowest BCUT2D eigenvalue weighted by Crippen LogP contribution is -2.20. The van der Waals surface area contributed by atoms with E-state index in [1.54, 1.807) is 0 Å². The highest BCUT2D eigenvalue weighted by Crippen LogP contribution is 2.36. The Labute approximate surface area is 164 Å². The molecule has 0 radical (unpaired) electrons. The molecule has 0 aromatic heterocycles. The van der Waals surface area contributed by atoms with E-state index >= 15 is 0 Å². The van der Waals surface area contributed by atoms with E-state index in [1.165, 1.54) is 12.2 Å². The van der Waals surface area contributed by atoms with E-state index in [4.69, 9.17) is 0 Å². The van der Waals surface area contributed by atoms with Crippen LogP contribution in [0.3, 0.4) is 0 Å². The number of hydrogen-bond donors (Lipinski definition) is 4. The fourth-order valence-corrected chi connectivity index (χ4v) is 7.84. The van der Waals surface area contributed by atoms with E-state index in [1.807, 2.05) is 11.8 Å². The van der Waals surface area contributed by atoms with Crippen LogP contribution in [0.25, 0.3) is 0 Å². The van der Waals surface area contributed by atoms with Crippen LogP contribution in [-0.4, -0.2) is 61.6 Å². The molecule has 0 aliphatic heterocycles. The van der Waals surface area contributed by atoms with Gasteiger partial charge in [0.15, 0.2) is 0 Å². The maximum absolute atomic E-state index is 4.36. The Morgan fingerprint density at radius 3 is 1.60 bits per heavy atom. The zero-order chi connectivity index (χ0) is 15.1. The minimum absolute atomic E-state index is 0.663. The quantitative estimate of drug-likeness (QED) is 0.170. The lowest BCUT2D eigenvalue weighted by molar-refractivity contribution is 0.901. The lowest BCUT2D eigenvalue weighted by atomic mass is 10.4. The lowest BCUT2D eigenvalue weighted by Gasteiger charge is -2.26. The van der Waals surface area contributed by atoms with Crippen molar-refractivity contribution in [1.29, 1.82) is 0 Å². The van der Waals surface area contributed by atoms with Crippen LogP contribution in [0.1, 0.15) is 6.42 Å². The summed E-state index contributed by atoms with van der Waals surface area (Å²) in [4.78, 5) is 0. The molecule has 0 saturated carbocycles. The zero-order valence-electron chi connectivity index (χ0n) is 11.6.